The molecule has 4 nitrogen and oxygen atoms in total. The van der Waals surface area contributed by atoms with Crippen molar-refractivity contribution < 1.29 is 31.1 Å². The van der Waals surface area contributed by atoms with Crippen molar-refractivity contribution in [1.29, 1.82) is 5.26 Å². The Hall–Kier alpha value is -2.39. The molecule has 1 aromatic carbocycles. The summed E-state index contributed by atoms with van der Waals surface area (Å²) in [6.45, 7) is 3.68. The Morgan fingerprint density at radius 1 is 1.16 bits per heavy atom. The summed E-state index contributed by atoms with van der Waals surface area (Å²) in [6, 6.07) is 5.53. The van der Waals surface area contributed by atoms with E-state index >= 15 is 0 Å². The molecule has 0 aliphatic heterocycles. The maximum absolute atomic E-state index is 12.8. The molecule has 0 aliphatic carbocycles. The van der Waals surface area contributed by atoms with Crippen LogP contribution in [-0.4, -0.2) is 28.5 Å². The third kappa shape index (κ3) is 7.63. The number of thiocarbonyl (C=S) groups is 1. The van der Waals surface area contributed by atoms with Crippen molar-refractivity contribution in [1.82, 2.24) is 4.57 Å². The van der Waals surface area contributed by atoms with Gasteiger partial charge in [-0.1, -0.05) is 33.0 Å². The molecule has 0 radical (unpaired) electrons. The molecular weight excluding hydrogens is 476 g/mol. The van der Waals surface area contributed by atoms with Gasteiger partial charge in [-0.15, -0.1) is 11.3 Å². The van der Waals surface area contributed by atoms with Crippen LogP contribution < -0.4 is 9.54 Å². The van der Waals surface area contributed by atoms with E-state index in [9.17, 15) is 26.3 Å². The number of hydrogen-bond donors (Lipinski definition) is 0. The second-order valence-corrected chi connectivity index (χ2v) is 9.23. The van der Waals surface area contributed by atoms with Crippen molar-refractivity contribution in [3.05, 3.63) is 45.2 Å². The molecule has 0 N–H and O–H groups in total. The lowest BCUT2D eigenvalue weighted by molar-refractivity contribution is -0.153. The predicted octanol–water partition coefficient (Wildman–Crippen LogP) is 5.89. The van der Waals surface area contributed by atoms with Crippen molar-refractivity contribution in [3.63, 3.8) is 0 Å². The molecule has 0 spiro atoms. The Kier molecular flexibility index (Phi) is 7.78. The number of benzene rings is 1. The maximum atomic E-state index is 12.8. The van der Waals surface area contributed by atoms with E-state index in [1.54, 1.807) is 6.20 Å². The van der Waals surface area contributed by atoms with Gasteiger partial charge in [-0.05, 0) is 23.6 Å². The summed E-state index contributed by atoms with van der Waals surface area (Å²) >= 11 is 6.39. The summed E-state index contributed by atoms with van der Waals surface area (Å²) in [6.07, 6.45) is -8.50. The Bertz CT molecular complexity index is 1080. The highest BCUT2D eigenvalue weighted by Gasteiger charge is 2.29. The fourth-order valence-electron chi connectivity index (χ4n) is 2.42. The highest BCUT2D eigenvalue weighted by Crippen LogP contribution is 2.27. The van der Waals surface area contributed by atoms with Gasteiger partial charge in [0.25, 0.3) is 0 Å². The van der Waals surface area contributed by atoms with Crippen molar-refractivity contribution in [2.24, 2.45) is 4.99 Å². The quantitative estimate of drug-likeness (QED) is 0.384. The number of aromatic nitrogens is 1. The molecule has 0 aliphatic rings. The summed E-state index contributed by atoms with van der Waals surface area (Å²) in [5, 5.41) is 9.11. The Morgan fingerprint density at radius 2 is 1.81 bits per heavy atom. The third-order valence-corrected chi connectivity index (χ3v) is 5.78. The molecule has 2 rings (SSSR count). The smallest absolute Gasteiger partial charge is 0.422 e. The average Bonchev–Trinajstić information content (AvgIpc) is 3.06. The van der Waals surface area contributed by atoms with Crippen LogP contribution in [0.4, 0.5) is 26.3 Å². The highest BCUT2D eigenvalue weighted by atomic mass is 32.1. The minimum absolute atomic E-state index is 0.0311. The second-order valence-electron chi connectivity index (χ2n) is 7.83. The molecular formula is C20H19F6N3OS2. The van der Waals surface area contributed by atoms with Gasteiger partial charge in [0, 0.05) is 17.6 Å². The van der Waals surface area contributed by atoms with E-state index in [1.807, 2.05) is 26.8 Å². The molecule has 0 unspecified atom stereocenters. The van der Waals surface area contributed by atoms with Crippen LogP contribution in [0.2, 0.25) is 0 Å². The Labute approximate surface area is 189 Å². The van der Waals surface area contributed by atoms with Crippen molar-refractivity contribution in [2.75, 3.05) is 6.61 Å². The molecule has 0 saturated carbocycles. The van der Waals surface area contributed by atoms with Gasteiger partial charge in [0.05, 0.1) is 23.6 Å². The lowest BCUT2D eigenvalue weighted by atomic mass is 9.95. The van der Waals surface area contributed by atoms with Gasteiger partial charge in [0.2, 0.25) is 0 Å². The zero-order valence-corrected chi connectivity index (χ0v) is 18.9. The second kappa shape index (κ2) is 9.62. The van der Waals surface area contributed by atoms with Crippen LogP contribution in [0.1, 0.15) is 43.2 Å². The number of aryl methyl sites for hydroxylation is 1. The zero-order chi connectivity index (χ0) is 24.3. The van der Waals surface area contributed by atoms with E-state index in [0.717, 1.165) is 16.2 Å². The van der Waals surface area contributed by atoms with E-state index in [-0.39, 0.29) is 32.1 Å². The van der Waals surface area contributed by atoms with Crippen LogP contribution in [0.25, 0.3) is 0 Å². The highest BCUT2D eigenvalue weighted by molar-refractivity contribution is 7.80. The molecule has 174 valence electrons. The van der Waals surface area contributed by atoms with Crippen LogP contribution in [0.15, 0.2) is 29.4 Å². The number of thiazole rings is 1. The number of nitriles is 1. The number of rotatable bonds is 5. The van der Waals surface area contributed by atoms with Gasteiger partial charge in [0.15, 0.2) is 11.4 Å². The molecule has 0 atom stereocenters. The number of hydrogen-bond acceptors (Lipinski definition) is 4. The van der Waals surface area contributed by atoms with Gasteiger partial charge in [-0.25, -0.2) is 4.99 Å². The van der Waals surface area contributed by atoms with Crippen LogP contribution >= 0.6 is 23.6 Å². The largest absolute Gasteiger partial charge is 0.483 e. The lowest BCUT2D eigenvalue weighted by Gasteiger charge is -2.14. The molecule has 0 saturated heterocycles. The van der Waals surface area contributed by atoms with E-state index in [0.29, 0.717) is 0 Å². The standard InChI is InChI=1S/C20H19F6N3OS2/c1-18(2,3)15-10-29(7-6-19(21,22)23)17(32-15)28-16(31)13-8-12(9-27)4-5-14(13)30-11-20(24,25)26/h4-5,8,10H,6-7,11H2,1-3H3. The SMILES string of the molecule is CC(C)(C)c1cn(CCC(F)(F)F)c(=NC(=S)c2cc(C#N)ccc2OCC(F)(F)F)s1. The number of nitrogens with zero attached hydrogens (tertiary/aromatic N) is 3. The maximum Gasteiger partial charge on any atom is 0.422 e. The first-order chi connectivity index (χ1) is 14.6. The fourth-order valence-corrected chi connectivity index (χ4v) is 3.81. The molecule has 0 bridgehead atoms. The number of alkyl halides is 6. The summed E-state index contributed by atoms with van der Waals surface area (Å²) < 4.78 is 82.1. The van der Waals surface area contributed by atoms with Crippen LogP contribution in [-0.2, 0) is 12.0 Å². The van der Waals surface area contributed by atoms with Gasteiger partial charge < -0.3 is 9.30 Å². The van der Waals surface area contributed by atoms with Crippen LogP contribution in [0, 0.1) is 11.3 Å². The predicted molar refractivity (Wildman–Crippen MR) is 112 cm³/mol. The number of halogens is 6. The molecule has 1 aromatic heterocycles. The number of ether oxygens (including phenoxy) is 1. The van der Waals surface area contributed by atoms with Gasteiger partial charge in [-0.2, -0.15) is 31.6 Å². The van der Waals surface area contributed by atoms with Gasteiger partial charge in [0.1, 0.15) is 10.7 Å². The molecule has 2 aromatic rings. The van der Waals surface area contributed by atoms with E-state index in [4.69, 9.17) is 22.2 Å². The summed E-state index contributed by atoms with van der Waals surface area (Å²) in [5.74, 6) is -0.232. The zero-order valence-electron chi connectivity index (χ0n) is 17.3. The van der Waals surface area contributed by atoms with Gasteiger partial charge >= 0.3 is 12.4 Å². The van der Waals surface area contributed by atoms with E-state index < -0.39 is 31.9 Å². The molecule has 0 amide bonds. The first-order valence-corrected chi connectivity index (χ1v) is 10.4. The Balaban J connectivity index is 2.52. The monoisotopic (exact) mass is 495 g/mol. The van der Waals surface area contributed by atoms with E-state index in [2.05, 4.69) is 4.99 Å². The normalized spacial score (nSPS) is 13.2. The summed E-state index contributed by atoms with van der Waals surface area (Å²) in [4.78, 5) is 4.92. The first kappa shape index (κ1) is 25.9. The topological polar surface area (TPSA) is 50.3 Å². The fraction of sp³-hybridized carbons (Fsp3) is 0.450. The summed E-state index contributed by atoms with van der Waals surface area (Å²) in [7, 11) is 0. The third-order valence-electron chi connectivity index (χ3n) is 4.02. The first-order valence-electron chi connectivity index (χ1n) is 9.19. The van der Waals surface area contributed by atoms with Crippen molar-refractivity contribution >= 4 is 28.5 Å². The molecule has 1 heterocycles. The van der Waals surface area contributed by atoms with E-state index in [1.165, 1.54) is 22.8 Å². The average molecular weight is 496 g/mol. The van der Waals surface area contributed by atoms with Crippen LogP contribution in [0.3, 0.4) is 0 Å². The molecule has 0 fully saturated rings. The lowest BCUT2D eigenvalue weighted by Crippen LogP contribution is -2.21. The van der Waals surface area contributed by atoms with Crippen LogP contribution in [0.5, 0.6) is 5.75 Å². The van der Waals surface area contributed by atoms with Gasteiger partial charge in [-0.3, -0.25) is 0 Å². The Morgan fingerprint density at radius 3 is 2.34 bits per heavy atom. The molecule has 32 heavy (non-hydrogen) atoms. The summed E-state index contributed by atoms with van der Waals surface area (Å²) in [5.41, 5.74) is -0.290. The minimum atomic E-state index is -4.60. The molecule has 12 heteroatoms. The van der Waals surface area contributed by atoms with Crippen molar-refractivity contribution in [2.45, 2.75) is 51.5 Å². The van der Waals surface area contributed by atoms with Crippen molar-refractivity contribution in [3.8, 4) is 11.8 Å². The minimum Gasteiger partial charge on any atom is -0.483 e.